The number of aliphatic hydroxyl groups is 1. The lowest BCUT2D eigenvalue weighted by Gasteiger charge is -2.31. The first-order chi connectivity index (χ1) is 9.13. The zero-order valence-electron chi connectivity index (χ0n) is 10.5. The molecule has 0 aliphatic heterocycles. The van der Waals surface area contributed by atoms with Gasteiger partial charge in [-0.15, -0.1) is 0 Å². The number of nitrogens with two attached hydrogens (primary N) is 1. The van der Waals surface area contributed by atoms with Gasteiger partial charge in [0, 0.05) is 29.3 Å². The topological polar surface area (TPSA) is 91.1 Å². The highest BCUT2D eigenvalue weighted by Crippen LogP contribution is 2.26. The van der Waals surface area contributed by atoms with Crippen LogP contribution in [-0.4, -0.2) is 28.6 Å². The van der Waals surface area contributed by atoms with Gasteiger partial charge in [0.2, 0.25) is 0 Å². The number of anilines is 1. The molecule has 0 radical (unpaired) electrons. The van der Waals surface area contributed by atoms with Crippen molar-refractivity contribution in [1.29, 1.82) is 0 Å². The molecule has 1 heterocycles. The van der Waals surface area contributed by atoms with Crippen LogP contribution in [0.25, 0.3) is 10.9 Å². The van der Waals surface area contributed by atoms with Crippen LogP contribution in [0.1, 0.15) is 23.2 Å². The van der Waals surface area contributed by atoms with Gasteiger partial charge >= 0.3 is 0 Å². The molecule has 5 N–H and O–H groups in total. The Morgan fingerprint density at radius 1 is 1.47 bits per heavy atom. The molecule has 0 saturated heterocycles. The number of hydrogen-bond acceptors (Lipinski definition) is 3. The van der Waals surface area contributed by atoms with Gasteiger partial charge in [0.1, 0.15) is 0 Å². The maximum absolute atomic E-state index is 12.1. The minimum atomic E-state index is -0.182. The molecule has 0 unspecified atom stereocenters. The van der Waals surface area contributed by atoms with Crippen LogP contribution in [0, 0.1) is 5.92 Å². The second kappa shape index (κ2) is 4.59. The molecule has 1 aromatic heterocycles. The van der Waals surface area contributed by atoms with Gasteiger partial charge < -0.3 is 21.1 Å². The summed E-state index contributed by atoms with van der Waals surface area (Å²) < 4.78 is 0. The molecule has 0 spiro atoms. The minimum absolute atomic E-state index is 0.0857. The summed E-state index contributed by atoms with van der Waals surface area (Å²) in [7, 11) is 0. The molecule has 5 heteroatoms. The van der Waals surface area contributed by atoms with E-state index in [2.05, 4.69) is 10.3 Å². The predicted octanol–water partition coefficient (Wildman–Crippen LogP) is 1.25. The van der Waals surface area contributed by atoms with Crippen molar-refractivity contribution in [3.8, 4) is 0 Å². The largest absolute Gasteiger partial charge is 0.399 e. The maximum Gasteiger partial charge on any atom is 0.253 e. The van der Waals surface area contributed by atoms with Crippen LogP contribution in [-0.2, 0) is 0 Å². The molecular weight excluding hydrogens is 242 g/mol. The molecule has 1 aliphatic carbocycles. The zero-order valence-corrected chi connectivity index (χ0v) is 10.5. The van der Waals surface area contributed by atoms with Gasteiger partial charge in [-0.2, -0.15) is 0 Å². The van der Waals surface area contributed by atoms with E-state index in [-0.39, 0.29) is 12.0 Å². The average molecular weight is 259 g/mol. The normalized spacial score (nSPS) is 22.2. The molecule has 1 aliphatic rings. The summed E-state index contributed by atoms with van der Waals surface area (Å²) in [6.45, 7) is 0.623. The van der Waals surface area contributed by atoms with Crippen molar-refractivity contribution in [2.24, 2.45) is 5.92 Å². The molecule has 1 amide bonds. The molecule has 3 rings (SSSR count). The summed E-state index contributed by atoms with van der Waals surface area (Å²) in [5.74, 6) is 0.317. The molecule has 1 fully saturated rings. The molecule has 2 aromatic rings. The van der Waals surface area contributed by atoms with Crippen molar-refractivity contribution in [3.63, 3.8) is 0 Å². The number of rotatable bonds is 3. The number of nitrogen functional groups attached to an aromatic ring is 1. The number of H-pyrrole nitrogens is 1. The van der Waals surface area contributed by atoms with Crippen molar-refractivity contribution in [2.75, 3.05) is 12.3 Å². The number of nitrogens with one attached hydrogen (secondary N) is 2. The van der Waals surface area contributed by atoms with E-state index in [4.69, 9.17) is 5.73 Å². The average Bonchev–Trinajstić information content (AvgIpc) is 2.75. The van der Waals surface area contributed by atoms with Gasteiger partial charge in [-0.05, 0) is 37.0 Å². The van der Waals surface area contributed by atoms with Crippen LogP contribution in [0.15, 0.2) is 24.4 Å². The quantitative estimate of drug-likeness (QED) is 0.625. The fourth-order valence-electron chi connectivity index (χ4n) is 2.53. The van der Waals surface area contributed by atoms with Crippen LogP contribution in [0.3, 0.4) is 0 Å². The van der Waals surface area contributed by atoms with Gasteiger partial charge in [-0.3, -0.25) is 4.79 Å². The number of hydrogen-bond donors (Lipinski definition) is 4. The van der Waals surface area contributed by atoms with Gasteiger partial charge in [0.05, 0.1) is 11.7 Å². The smallest absolute Gasteiger partial charge is 0.253 e. The highest BCUT2D eigenvalue weighted by atomic mass is 16.3. The van der Waals surface area contributed by atoms with Crippen LogP contribution < -0.4 is 11.1 Å². The van der Waals surface area contributed by atoms with E-state index in [0.717, 1.165) is 23.7 Å². The van der Waals surface area contributed by atoms with Crippen LogP contribution in [0.4, 0.5) is 5.69 Å². The van der Waals surface area contributed by atoms with Crippen molar-refractivity contribution in [1.82, 2.24) is 10.3 Å². The third-order valence-corrected chi connectivity index (χ3v) is 3.71. The molecule has 0 bridgehead atoms. The Morgan fingerprint density at radius 3 is 3.00 bits per heavy atom. The first-order valence-electron chi connectivity index (χ1n) is 6.46. The van der Waals surface area contributed by atoms with E-state index in [1.807, 2.05) is 12.1 Å². The molecule has 19 heavy (non-hydrogen) atoms. The van der Waals surface area contributed by atoms with E-state index in [1.165, 1.54) is 0 Å². The SMILES string of the molecule is Nc1ccc2c(C(=O)NCC3CC(O)C3)c[nH]c2c1. The second-order valence-corrected chi connectivity index (χ2v) is 5.21. The van der Waals surface area contributed by atoms with E-state index in [0.29, 0.717) is 23.7 Å². The number of carbonyl (C=O) groups excluding carboxylic acids is 1. The van der Waals surface area contributed by atoms with Gasteiger partial charge in [0.15, 0.2) is 0 Å². The van der Waals surface area contributed by atoms with Crippen LogP contribution >= 0.6 is 0 Å². The number of benzene rings is 1. The summed E-state index contributed by atoms with van der Waals surface area (Å²) in [6.07, 6.45) is 3.09. The summed E-state index contributed by atoms with van der Waals surface area (Å²) in [5.41, 5.74) is 7.87. The van der Waals surface area contributed by atoms with Crippen molar-refractivity contribution in [2.45, 2.75) is 18.9 Å². The first kappa shape index (κ1) is 12.0. The summed E-state index contributed by atoms with van der Waals surface area (Å²) in [6, 6.07) is 5.45. The van der Waals surface area contributed by atoms with Gasteiger partial charge in [0.25, 0.3) is 5.91 Å². The molecule has 0 atom stereocenters. The van der Waals surface area contributed by atoms with Gasteiger partial charge in [-0.1, -0.05) is 0 Å². The highest BCUT2D eigenvalue weighted by Gasteiger charge is 2.27. The summed E-state index contributed by atoms with van der Waals surface area (Å²) in [4.78, 5) is 15.2. The van der Waals surface area contributed by atoms with Crippen LogP contribution in [0.2, 0.25) is 0 Å². The fraction of sp³-hybridized carbons (Fsp3) is 0.357. The lowest BCUT2D eigenvalue weighted by Crippen LogP contribution is -2.38. The zero-order chi connectivity index (χ0) is 13.4. The summed E-state index contributed by atoms with van der Waals surface area (Å²) in [5, 5.41) is 13.0. The van der Waals surface area contributed by atoms with E-state index in [1.54, 1.807) is 12.3 Å². The van der Waals surface area contributed by atoms with Gasteiger partial charge in [-0.25, -0.2) is 0 Å². The third-order valence-electron chi connectivity index (χ3n) is 3.71. The molecular formula is C14H17N3O2. The Kier molecular flexibility index (Phi) is 2.91. The first-order valence-corrected chi connectivity index (χ1v) is 6.46. The number of aromatic amines is 1. The Hall–Kier alpha value is -2.01. The molecule has 100 valence electrons. The predicted molar refractivity (Wildman–Crippen MR) is 73.8 cm³/mol. The van der Waals surface area contributed by atoms with Crippen molar-refractivity contribution in [3.05, 3.63) is 30.0 Å². The minimum Gasteiger partial charge on any atom is -0.399 e. The Balaban J connectivity index is 1.71. The number of carbonyl (C=O) groups is 1. The van der Waals surface area contributed by atoms with Crippen molar-refractivity contribution >= 4 is 22.5 Å². The van der Waals surface area contributed by atoms with E-state index < -0.39 is 0 Å². The van der Waals surface area contributed by atoms with Crippen LogP contribution in [0.5, 0.6) is 0 Å². The molecule has 1 saturated carbocycles. The number of aliphatic hydroxyl groups excluding tert-OH is 1. The van der Waals surface area contributed by atoms with E-state index in [9.17, 15) is 9.90 Å². The van der Waals surface area contributed by atoms with E-state index >= 15 is 0 Å². The lowest BCUT2D eigenvalue weighted by atomic mass is 9.82. The molecule has 1 aromatic carbocycles. The Bertz CT molecular complexity index is 614. The second-order valence-electron chi connectivity index (χ2n) is 5.21. The fourth-order valence-corrected chi connectivity index (χ4v) is 2.53. The number of fused-ring (bicyclic) bond motifs is 1. The third kappa shape index (κ3) is 2.29. The monoisotopic (exact) mass is 259 g/mol. The van der Waals surface area contributed by atoms with Crippen molar-refractivity contribution < 1.29 is 9.90 Å². The lowest BCUT2D eigenvalue weighted by molar-refractivity contribution is 0.0420. The number of aromatic nitrogens is 1. The maximum atomic E-state index is 12.1. The molecule has 5 nitrogen and oxygen atoms in total. The number of amides is 1. The highest BCUT2D eigenvalue weighted by molar-refractivity contribution is 6.07. The summed E-state index contributed by atoms with van der Waals surface area (Å²) >= 11 is 0. The Morgan fingerprint density at radius 2 is 2.26 bits per heavy atom. The Labute approximate surface area is 110 Å². The standard InChI is InChI=1S/C14H17N3O2/c15-9-1-2-11-12(7-16-13(11)5-9)14(19)17-6-8-3-10(18)4-8/h1-2,5,7-8,10,16,18H,3-4,6,15H2,(H,17,19).